The van der Waals surface area contributed by atoms with Crippen LogP contribution in [0.4, 0.5) is 21.0 Å². The molecule has 8 atom stereocenters. The van der Waals surface area contributed by atoms with Gasteiger partial charge in [-0.2, -0.15) is 0 Å². The summed E-state index contributed by atoms with van der Waals surface area (Å²) in [5, 5.41) is 24.1. The summed E-state index contributed by atoms with van der Waals surface area (Å²) in [6.45, 7) is 3.66. The number of likely N-dealkylation sites (N-methyl/N-ethyl adjacent to an activating group) is 2. The molecule has 4 fully saturated rings. The highest BCUT2D eigenvalue weighted by Crippen LogP contribution is 2.35. The Morgan fingerprint density at radius 3 is 1.08 bits per heavy atom. The number of amides is 10. The van der Waals surface area contributed by atoms with E-state index in [-0.39, 0.29) is 50.1 Å². The van der Waals surface area contributed by atoms with Gasteiger partial charge in [-0.25, -0.2) is 9.59 Å². The van der Waals surface area contributed by atoms with E-state index >= 15 is 0 Å². The smallest absolute Gasteiger partial charge is 0.321 e. The third-order valence-corrected chi connectivity index (χ3v) is 18.4. The molecule has 89 heavy (non-hydrogen) atoms. The van der Waals surface area contributed by atoms with Gasteiger partial charge in [0.15, 0.2) is 0 Å². The van der Waals surface area contributed by atoms with Crippen molar-refractivity contribution in [1.82, 2.24) is 51.5 Å². The second-order valence-electron chi connectivity index (χ2n) is 23.1. The van der Waals surface area contributed by atoms with Crippen molar-refractivity contribution in [3.05, 3.63) is 192 Å². The minimum absolute atomic E-state index is 0.119. The molecule has 21 heteroatoms. The van der Waals surface area contributed by atoms with Crippen LogP contribution in [0.15, 0.2) is 180 Å². The van der Waals surface area contributed by atoms with Crippen LogP contribution in [0.5, 0.6) is 0 Å². The molecule has 0 radical (unpaired) electrons. The molecule has 0 unspecified atom stereocenters. The number of benzene rings is 6. The van der Waals surface area contributed by atoms with Gasteiger partial charge >= 0.3 is 12.1 Å². The Balaban J connectivity index is 0.756. The molecule has 8 N–H and O–H groups in total. The molecule has 20 nitrogen and oxygen atoms in total. The molecule has 4 aliphatic heterocycles. The van der Waals surface area contributed by atoms with Crippen molar-refractivity contribution in [3.8, 4) is 0 Å². The molecule has 464 valence electrons. The number of rotatable bonds is 18. The molecule has 0 aliphatic carbocycles. The molecule has 6 aromatic rings. The van der Waals surface area contributed by atoms with Gasteiger partial charge in [0.2, 0.25) is 35.4 Å². The SMILES string of the molecule is CN[C@@H](C)C(=O)N[C@H]1CN(C(=O)Nc2ccc(Sc3ccc(NC(=O)N4CC[C@H]5CC[C@@H](C(=O)NC(c6ccccc6)c6ccccc6)N5C(=O)[C@@H](NC(=O)[C@H](C)NC)C4)cc3)cc2)CC[C@H]2CC[C@@H](C(=O)NC(c3ccccc3)c3ccccc3)N2C1=O. The first kappa shape index (κ1) is 63.0. The van der Waals surface area contributed by atoms with Gasteiger partial charge in [-0.1, -0.05) is 133 Å². The molecule has 0 saturated carbocycles. The van der Waals surface area contributed by atoms with Crippen LogP contribution in [0.1, 0.15) is 86.7 Å². The predicted molar refractivity (Wildman–Crippen MR) is 341 cm³/mol. The zero-order valence-electron chi connectivity index (χ0n) is 50.5. The first-order valence-electron chi connectivity index (χ1n) is 30.6. The highest BCUT2D eigenvalue weighted by atomic mass is 32.2. The van der Waals surface area contributed by atoms with Gasteiger partial charge in [0.25, 0.3) is 0 Å². The average Bonchev–Trinajstić information content (AvgIpc) is 1.97. The Labute approximate surface area is 523 Å². The maximum Gasteiger partial charge on any atom is 0.321 e. The number of nitrogens with zero attached hydrogens (tertiary/aromatic N) is 4. The first-order chi connectivity index (χ1) is 43.2. The van der Waals surface area contributed by atoms with E-state index in [2.05, 4.69) is 42.5 Å². The highest BCUT2D eigenvalue weighted by Gasteiger charge is 2.48. The molecule has 4 heterocycles. The molecule has 0 spiro atoms. The molecule has 10 amide bonds. The van der Waals surface area contributed by atoms with Crippen molar-refractivity contribution in [3.63, 3.8) is 0 Å². The van der Waals surface area contributed by atoms with Crippen molar-refractivity contribution in [2.75, 3.05) is 50.9 Å². The molecule has 10 rings (SSSR count). The summed E-state index contributed by atoms with van der Waals surface area (Å²) >= 11 is 1.47. The van der Waals surface area contributed by atoms with Crippen molar-refractivity contribution in [1.29, 1.82) is 0 Å². The lowest BCUT2D eigenvalue weighted by atomic mass is 9.98. The number of carbonyl (C=O) groups excluding carboxylic acids is 8. The van der Waals surface area contributed by atoms with Crippen LogP contribution in [-0.4, -0.2) is 156 Å². The minimum atomic E-state index is -1.13. The lowest BCUT2D eigenvalue weighted by Crippen LogP contribution is -2.62. The summed E-state index contributed by atoms with van der Waals surface area (Å²) in [4.78, 5) is 121. The number of nitrogens with one attached hydrogen (secondary N) is 8. The van der Waals surface area contributed by atoms with Gasteiger partial charge in [0, 0.05) is 46.3 Å². The second kappa shape index (κ2) is 29.3. The predicted octanol–water partition coefficient (Wildman–Crippen LogP) is 7.03. The summed E-state index contributed by atoms with van der Waals surface area (Å²) in [7, 11) is 3.29. The van der Waals surface area contributed by atoms with Crippen LogP contribution < -0.4 is 42.5 Å². The van der Waals surface area contributed by atoms with Crippen molar-refractivity contribution in [2.45, 2.75) is 123 Å². The third-order valence-electron chi connectivity index (χ3n) is 17.4. The lowest BCUT2D eigenvalue weighted by molar-refractivity contribution is -0.144. The summed E-state index contributed by atoms with van der Waals surface area (Å²) in [6, 6.07) is 45.8. The average molecular weight is 1220 g/mol. The number of urea groups is 2. The molecular weight excluding hydrogens is 1140 g/mol. The monoisotopic (exact) mass is 1220 g/mol. The fourth-order valence-corrected chi connectivity index (χ4v) is 13.1. The number of hydrogen-bond acceptors (Lipinski definition) is 11. The highest BCUT2D eigenvalue weighted by molar-refractivity contribution is 7.99. The largest absolute Gasteiger partial charge is 0.343 e. The Morgan fingerprint density at radius 1 is 0.438 bits per heavy atom. The fraction of sp³-hybridized carbons (Fsp3) is 0.353. The van der Waals surface area contributed by atoms with Crippen LogP contribution in [-0.2, 0) is 28.8 Å². The van der Waals surface area contributed by atoms with Crippen LogP contribution >= 0.6 is 11.8 Å². The number of fused-ring (bicyclic) bond motifs is 2. The van der Waals surface area contributed by atoms with Gasteiger partial charge in [0.1, 0.15) is 24.2 Å². The Kier molecular flexibility index (Phi) is 20.7. The standard InChI is InChI=1S/C68H78N12O8S/c1-43(69-3)61(81)73-55-41-77(39-37-51-29-35-57(79(51)65(55)85)63(83)75-59(45-17-9-5-10-18-45)46-19-11-6-12-20-46)67(87)71-49-25-31-53(32-26-49)89-54-33-27-50(28-34-54)72-68(88)78-40-38-52-30-36-58(80(52)66(86)56(42-78)74-62(82)44(2)70-4)64(84)76-60(47-21-13-7-14-22-47)48-23-15-8-16-24-48/h5-28,31-34,43-44,51-52,55-60,69-70H,29-30,35-42H2,1-4H3,(H,71,87)(H,72,88)(H,73,81)(H,74,82)(H,75,83)(H,76,84)/t43-,44-,51+,52+,55-,56-,57-,58-/m0/s1. The summed E-state index contributed by atoms with van der Waals surface area (Å²) < 4.78 is 0. The molecule has 4 aliphatic rings. The van der Waals surface area contributed by atoms with E-state index in [1.165, 1.54) is 11.8 Å². The molecule has 6 aromatic carbocycles. The van der Waals surface area contributed by atoms with E-state index in [4.69, 9.17) is 0 Å². The molecule has 4 saturated heterocycles. The second-order valence-corrected chi connectivity index (χ2v) is 24.3. The van der Waals surface area contributed by atoms with E-state index < -0.39 is 84.0 Å². The summed E-state index contributed by atoms with van der Waals surface area (Å²) in [5.41, 5.74) is 4.64. The van der Waals surface area contributed by atoms with Gasteiger partial charge in [-0.3, -0.25) is 28.8 Å². The van der Waals surface area contributed by atoms with Crippen molar-refractivity contribution >= 4 is 70.6 Å². The van der Waals surface area contributed by atoms with E-state index in [1.807, 2.05) is 146 Å². The third kappa shape index (κ3) is 15.3. The molecule has 0 aromatic heterocycles. The Bertz CT molecular complexity index is 3140. The quantitative estimate of drug-likeness (QED) is 0.0434. The number of anilines is 2. The van der Waals surface area contributed by atoms with Gasteiger partial charge in [-0.15, -0.1) is 0 Å². The fourth-order valence-electron chi connectivity index (χ4n) is 12.2. The van der Waals surface area contributed by atoms with E-state index in [1.54, 1.807) is 71.8 Å². The van der Waals surface area contributed by atoms with Crippen LogP contribution in [0.2, 0.25) is 0 Å². The normalized spacial score (nSPS) is 20.8. The van der Waals surface area contributed by atoms with Crippen molar-refractivity contribution in [2.24, 2.45) is 0 Å². The number of carbonyl (C=O) groups is 8. The number of hydrogen-bond donors (Lipinski definition) is 8. The van der Waals surface area contributed by atoms with Crippen LogP contribution in [0.25, 0.3) is 0 Å². The molecule has 0 bridgehead atoms. The maximum absolute atomic E-state index is 14.7. The lowest BCUT2D eigenvalue weighted by Gasteiger charge is -2.39. The minimum Gasteiger partial charge on any atom is -0.343 e. The zero-order valence-corrected chi connectivity index (χ0v) is 51.3. The Morgan fingerprint density at radius 2 is 0.764 bits per heavy atom. The van der Waals surface area contributed by atoms with Gasteiger partial charge in [0.05, 0.1) is 37.3 Å². The summed E-state index contributed by atoms with van der Waals surface area (Å²) in [6.07, 6.45) is 2.80. The van der Waals surface area contributed by atoms with Crippen LogP contribution in [0, 0.1) is 0 Å². The van der Waals surface area contributed by atoms with E-state index in [0.717, 1.165) is 32.0 Å². The maximum atomic E-state index is 14.7. The zero-order chi connectivity index (χ0) is 62.6. The van der Waals surface area contributed by atoms with Gasteiger partial charge in [-0.05, 0) is 137 Å². The van der Waals surface area contributed by atoms with Crippen LogP contribution in [0.3, 0.4) is 0 Å². The summed E-state index contributed by atoms with van der Waals surface area (Å²) in [5.74, 6) is -2.26. The van der Waals surface area contributed by atoms with Gasteiger partial charge < -0.3 is 62.1 Å². The first-order valence-corrected chi connectivity index (χ1v) is 31.4. The van der Waals surface area contributed by atoms with E-state index in [9.17, 15) is 38.4 Å². The Hall–Kier alpha value is -9.05. The topological polar surface area (TPSA) is 246 Å². The molecular formula is C68H78N12O8S. The van der Waals surface area contributed by atoms with Crippen molar-refractivity contribution < 1.29 is 38.4 Å². The van der Waals surface area contributed by atoms with E-state index in [0.29, 0.717) is 49.9 Å².